The first-order valence-corrected chi connectivity index (χ1v) is 13.4. The molecule has 1 fully saturated rings. The number of hydrogen-bond acceptors (Lipinski definition) is 7. The number of aryl methyl sites for hydroxylation is 1. The van der Waals surface area contributed by atoms with Crippen LogP contribution in [0.5, 0.6) is 0 Å². The predicted octanol–water partition coefficient (Wildman–Crippen LogP) is 4.61. The van der Waals surface area contributed by atoms with Crippen LogP contribution < -0.4 is 15.8 Å². The summed E-state index contributed by atoms with van der Waals surface area (Å²) in [6.45, 7) is 2.50. The van der Waals surface area contributed by atoms with Gasteiger partial charge >= 0.3 is 0 Å². The van der Waals surface area contributed by atoms with Crippen LogP contribution in [0.15, 0.2) is 30.5 Å². The van der Waals surface area contributed by atoms with Crippen molar-refractivity contribution in [3.8, 4) is 11.3 Å². The summed E-state index contributed by atoms with van der Waals surface area (Å²) in [6, 6.07) is 6.18. The van der Waals surface area contributed by atoms with Gasteiger partial charge in [0, 0.05) is 24.1 Å². The maximum atomic E-state index is 14.7. The SMILES string of the molecule is Cc1cc(-c2ccc(NS(=O)(=O)CCC(C)(F)F)c(F)c2)nc2cnc(NC3CCC(N)CC3)nc12. The number of nitrogens with one attached hydrogen (secondary N) is 2. The van der Waals surface area contributed by atoms with Crippen molar-refractivity contribution in [3.05, 3.63) is 41.8 Å². The summed E-state index contributed by atoms with van der Waals surface area (Å²) < 4.78 is 66.9. The molecule has 0 saturated heterocycles. The van der Waals surface area contributed by atoms with Crippen LogP contribution in [-0.2, 0) is 10.0 Å². The molecule has 12 heteroatoms. The molecule has 4 rings (SSSR count). The molecule has 1 aromatic carbocycles. The quantitative estimate of drug-likeness (QED) is 0.395. The Kier molecular flexibility index (Phi) is 7.37. The van der Waals surface area contributed by atoms with Crippen molar-refractivity contribution in [1.29, 1.82) is 0 Å². The molecule has 2 aromatic heterocycles. The van der Waals surface area contributed by atoms with Gasteiger partial charge in [-0.2, -0.15) is 0 Å². The molecular formula is C24H29F3N6O2S. The van der Waals surface area contributed by atoms with E-state index in [1.807, 2.05) is 11.6 Å². The fourth-order valence-corrected chi connectivity index (χ4v) is 5.37. The van der Waals surface area contributed by atoms with Gasteiger partial charge in [-0.3, -0.25) is 4.72 Å². The third-order valence-electron chi connectivity index (χ3n) is 6.18. The average molecular weight is 523 g/mol. The number of pyridine rings is 1. The van der Waals surface area contributed by atoms with Gasteiger partial charge in [0.25, 0.3) is 0 Å². The van der Waals surface area contributed by atoms with E-state index in [-0.39, 0.29) is 17.8 Å². The van der Waals surface area contributed by atoms with Gasteiger partial charge in [-0.25, -0.2) is 36.5 Å². The molecule has 1 saturated carbocycles. The summed E-state index contributed by atoms with van der Waals surface area (Å²) >= 11 is 0. The monoisotopic (exact) mass is 522 g/mol. The highest BCUT2D eigenvalue weighted by molar-refractivity contribution is 7.92. The topological polar surface area (TPSA) is 123 Å². The summed E-state index contributed by atoms with van der Waals surface area (Å²) in [5, 5.41) is 3.36. The van der Waals surface area contributed by atoms with Gasteiger partial charge in [0.1, 0.15) is 11.3 Å². The summed E-state index contributed by atoms with van der Waals surface area (Å²) in [7, 11) is -4.14. The lowest BCUT2D eigenvalue weighted by Crippen LogP contribution is -2.33. The van der Waals surface area contributed by atoms with Crippen LogP contribution in [0.3, 0.4) is 0 Å². The molecule has 0 bridgehead atoms. The summed E-state index contributed by atoms with van der Waals surface area (Å²) in [5.74, 6) is -4.29. The molecule has 0 atom stereocenters. The van der Waals surface area contributed by atoms with Crippen LogP contribution >= 0.6 is 0 Å². The molecule has 3 aromatic rings. The number of nitrogens with zero attached hydrogens (tertiary/aromatic N) is 3. The van der Waals surface area contributed by atoms with Crippen molar-refractivity contribution >= 4 is 32.7 Å². The molecule has 0 aliphatic heterocycles. The van der Waals surface area contributed by atoms with E-state index in [4.69, 9.17) is 5.73 Å². The highest BCUT2D eigenvalue weighted by Gasteiger charge is 2.25. The smallest absolute Gasteiger partial charge is 0.246 e. The van der Waals surface area contributed by atoms with Gasteiger partial charge in [-0.05, 0) is 63.3 Å². The Balaban J connectivity index is 1.52. The van der Waals surface area contributed by atoms with Crippen molar-refractivity contribution in [3.63, 3.8) is 0 Å². The number of anilines is 2. The van der Waals surface area contributed by atoms with E-state index < -0.39 is 33.9 Å². The van der Waals surface area contributed by atoms with Gasteiger partial charge in [0.15, 0.2) is 0 Å². The first-order chi connectivity index (χ1) is 16.9. The first-order valence-electron chi connectivity index (χ1n) is 11.7. The van der Waals surface area contributed by atoms with E-state index >= 15 is 0 Å². The zero-order chi connectivity index (χ0) is 26.1. The highest BCUT2D eigenvalue weighted by atomic mass is 32.2. The Labute approximate surface area is 208 Å². The van der Waals surface area contributed by atoms with Crippen molar-refractivity contribution in [2.45, 2.75) is 64.0 Å². The highest BCUT2D eigenvalue weighted by Crippen LogP contribution is 2.28. The van der Waals surface area contributed by atoms with E-state index in [9.17, 15) is 21.6 Å². The first kappa shape index (κ1) is 26.1. The van der Waals surface area contributed by atoms with Gasteiger partial charge in [0.05, 0.1) is 28.8 Å². The number of fused-ring (bicyclic) bond motifs is 1. The lowest BCUT2D eigenvalue weighted by molar-refractivity contribution is 0.0189. The van der Waals surface area contributed by atoms with Gasteiger partial charge in [0.2, 0.25) is 21.9 Å². The van der Waals surface area contributed by atoms with Crippen LogP contribution in [0.25, 0.3) is 22.3 Å². The lowest BCUT2D eigenvalue weighted by atomic mass is 9.92. The molecule has 0 radical (unpaired) electrons. The van der Waals surface area contributed by atoms with E-state index in [0.717, 1.165) is 37.3 Å². The second-order valence-electron chi connectivity index (χ2n) is 9.44. The van der Waals surface area contributed by atoms with Crippen molar-refractivity contribution in [2.24, 2.45) is 5.73 Å². The molecule has 0 unspecified atom stereocenters. The average Bonchev–Trinajstić information content (AvgIpc) is 2.80. The molecule has 1 aliphatic carbocycles. The molecule has 2 heterocycles. The number of sulfonamides is 1. The number of nitrogens with two attached hydrogens (primary N) is 1. The van der Waals surface area contributed by atoms with Crippen molar-refractivity contribution < 1.29 is 21.6 Å². The number of alkyl halides is 2. The Morgan fingerprint density at radius 1 is 1.14 bits per heavy atom. The fraction of sp³-hybridized carbons (Fsp3) is 0.458. The van der Waals surface area contributed by atoms with E-state index in [0.29, 0.717) is 35.2 Å². The van der Waals surface area contributed by atoms with Crippen LogP contribution in [-0.4, -0.2) is 47.1 Å². The van der Waals surface area contributed by atoms with E-state index in [1.165, 1.54) is 12.1 Å². The second-order valence-corrected chi connectivity index (χ2v) is 11.3. The Morgan fingerprint density at radius 2 is 1.86 bits per heavy atom. The number of halogens is 3. The third kappa shape index (κ3) is 6.61. The number of benzene rings is 1. The third-order valence-corrected chi connectivity index (χ3v) is 7.45. The van der Waals surface area contributed by atoms with Crippen LogP contribution in [0.2, 0.25) is 0 Å². The minimum absolute atomic E-state index is 0.249. The zero-order valence-corrected chi connectivity index (χ0v) is 20.9. The summed E-state index contributed by atoms with van der Waals surface area (Å²) in [4.78, 5) is 13.5. The van der Waals surface area contributed by atoms with Crippen LogP contribution in [0.1, 0.15) is 44.6 Å². The molecule has 36 heavy (non-hydrogen) atoms. The summed E-state index contributed by atoms with van der Waals surface area (Å²) in [6.07, 6.45) is 4.58. The maximum Gasteiger partial charge on any atom is 0.246 e. The molecule has 194 valence electrons. The Morgan fingerprint density at radius 3 is 2.53 bits per heavy atom. The standard InChI is InChI=1S/C24H29F3N6O2S/c1-14-11-20(15-3-8-19(18(25)12-15)33-36(34,35)10-9-24(2,26)27)31-21-13-29-23(32-22(14)21)30-17-6-4-16(28)5-7-17/h3,8,11-13,16-17,33H,4-7,9-10,28H2,1-2H3,(H,29,30,32). The van der Waals surface area contributed by atoms with Crippen LogP contribution in [0, 0.1) is 12.7 Å². The van der Waals surface area contributed by atoms with E-state index in [2.05, 4.69) is 20.3 Å². The molecular weight excluding hydrogens is 493 g/mol. The number of hydrogen-bond donors (Lipinski definition) is 3. The fourth-order valence-electron chi connectivity index (χ4n) is 4.14. The second kappa shape index (κ2) is 10.2. The molecule has 0 amide bonds. The lowest BCUT2D eigenvalue weighted by Gasteiger charge is -2.26. The molecule has 1 aliphatic rings. The molecule has 0 spiro atoms. The Hall–Kier alpha value is -2.99. The molecule has 4 N–H and O–H groups in total. The zero-order valence-electron chi connectivity index (χ0n) is 20.1. The normalized spacial score (nSPS) is 18.8. The maximum absolute atomic E-state index is 14.7. The van der Waals surface area contributed by atoms with Gasteiger partial charge in [-0.15, -0.1) is 0 Å². The number of aromatic nitrogens is 3. The minimum atomic E-state index is -4.14. The predicted molar refractivity (Wildman–Crippen MR) is 134 cm³/mol. The number of rotatable bonds is 8. The molecule has 8 nitrogen and oxygen atoms in total. The Bertz CT molecular complexity index is 1360. The summed E-state index contributed by atoms with van der Waals surface area (Å²) in [5.41, 5.74) is 8.55. The van der Waals surface area contributed by atoms with Crippen molar-refractivity contribution in [1.82, 2.24) is 15.0 Å². The van der Waals surface area contributed by atoms with E-state index in [1.54, 1.807) is 12.3 Å². The van der Waals surface area contributed by atoms with Gasteiger partial charge < -0.3 is 11.1 Å². The minimum Gasteiger partial charge on any atom is -0.351 e. The van der Waals surface area contributed by atoms with Gasteiger partial charge in [-0.1, -0.05) is 6.07 Å². The largest absolute Gasteiger partial charge is 0.351 e. The van der Waals surface area contributed by atoms with Crippen LogP contribution in [0.4, 0.5) is 24.8 Å². The van der Waals surface area contributed by atoms with Crippen molar-refractivity contribution in [2.75, 3.05) is 15.8 Å².